The summed E-state index contributed by atoms with van der Waals surface area (Å²) in [5.41, 5.74) is 2.31. The minimum absolute atomic E-state index is 0.0537. The summed E-state index contributed by atoms with van der Waals surface area (Å²) in [6.45, 7) is 5.58. The van der Waals surface area contributed by atoms with Crippen molar-refractivity contribution in [3.63, 3.8) is 0 Å². The number of amides is 2. The van der Waals surface area contributed by atoms with Gasteiger partial charge in [0, 0.05) is 42.8 Å². The van der Waals surface area contributed by atoms with Crippen LogP contribution >= 0.6 is 23.2 Å². The predicted octanol–water partition coefficient (Wildman–Crippen LogP) is 3.94. The molecule has 0 aromatic heterocycles. The number of nitrogens with one attached hydrogen (secondary N) is 1. The molecule has 2 aromatic carbocycles. The molecule has 1 aliphatic heterocycles. The highest BCUT2D eigenvalue weighted by molar-refractivity contribution is 6.34. The van der Waals surface area contributed by atoms with E-state index in [1.54, 1.807) is 29.0 Å². The molecule has 1 aliphatic rings. The molecule has 3 rings (SSSR count). The molecule has 8 heteroatoms. The summed E-state index contributed by atoms with van der Waals surface area (Å²) < 4.78 is 5.42. The van der Waals surface area contributed by atoms with E-state index in [0.29, 0.717) is 47.7 Å². The van der Waals surface area contributed by atoms with Gasteiger partial charge in [0.15, 0.2) is 0 Å². The average Bonchev–Trinajstić information content (AvgIpc) is 2.77. The van der Waals surface area contributed by atoms with Gasteiger partial charge >= 0.3 is 0 Å². The average molecular weight is 448 g/mol. The van der Waals surface area contributed by atoms with Crippen molar-refractivity contribution in [1.29, 1.82) is 0 Å². The molecule has 2 amide bonds. The number of rotatable bonds is 6. The lowest BCUT2D eigenvalue weighted by molar-refractivity contribution is -0.135. The quantitative estimate of drug-likeness (QED) is 0.681. The molecular formula is C22H23Cl2N3O3. The Morgan fingerprint density at radius 3 is 2.47 bits per heavy atom. The third kappa shape index (κ3) is 5.07. The van der Waals surface area contributed by atoms with E-state index in [-0.39, 0.29) is 18.4 Å². The standard InChI is InChI=1S/C22H23Cl2N3O3/c1-3-21(28)26-7-9-27(10-8-26)22(29)14-25-19-12-17(18(24)13-20(19)30-2)15-5-4-6-16(23)11-15/h3-6,11-13,25H,1,7-10,14H2,2H3. The maximum absolute atomic E-state index is 12.6. The number of ether oxygens (including phenoxy) is 1. The third-order valence-corrected chi connectivity index (χ3v) is 5.52. The van der Waals surface area contributed by atoms with Crippen LogP contribution in [0.5, 0.6) is 5.75 Å². The van der Waals surface area contributed by atoms with E-state index in [2.05, 4.69) is 11.9 Å². The second-order valence-electron chi connectivity index (χ2n) is 6.81. The van der Waals surface area contributed by atoms with Crippen molar-refractivity contribution in [3.8, 4) is 16.9 Å². The first-order valence-corrected chi connectivity index (χ1v) is 10.2. The molecule has 6 nitrogen and oxygen atoms in total. The molecule has 0 radical (unpaired) electrons. The maximum Gasteiger partial charge on any atom is 0.246 e. The van der Waals surface area contributed by atoms with Gasteiger partial charge in [0.2, 0.25) is 11.8 Å². The highest BCUT2D eigenvalue weighted by Crippen LogP contribution is 2.37. The van der Waals surface area contributed by atoms with Crippen molar-refractivity contribution in [2.75, 3.05) is 45.2 Å². The van der Waals surface area contributed by atoms with E-state index in [4.69, 9.17) is 27.9 Å². The Morgan fingerprint density at radius 1 is 1.13 bits per heavy atom. The summed E-state index contributed by atoms with van der Waals surface area (Å²) in [7, 11) is 1.55. The highest BCUT2D eigenvalue weighted by atomic mass is 35.5. The number of methoxy groups -OCH3 is 1. The number of piperazine rings is 1. The van der Waals surface area contributed by atoms with Gasteiger partial charge in [-0.25, -0.2) is 0 Å². The molecule has 1 saturated heterocycles. The Kier molecular flexibility index (Phi) is 7.24. The molecule has 0 bridgehead atoms. The van der Waals surface area contributed by atoms with Gasteiger partial charge in [-0.05, 0) is 29.8 Å². The Morgan fingerprint density at radius 2 is 1.83 bits per heavy atom. The number of halogens is 2. The van der Waals surface area contributed by atoms with Gasteiger partial charge < -0.3 is 19.9 Å². The normalized spacial score (nSPS) is 13.7. The molecule has 0 atom stereocenters. The van der Waals surface area contributed by atoms with E-state index < -0.39 is 0 Å². The van der Waals surface area contributed by atoms with Crippen LogP contribution in [0.15, 0.2) is 49.1 Å². The van der Waals surface area contributed by atoms with Crippen molar-refractivity contribution in [3.05, 3.63) is 59.1 Å². The second kappa shape index (κ2) is 9.87. The fourth-order valence-electron chi connectivity index (χ4n) is 3.33. The zero-order valence-electron chi connectivity index (χ0n) is 16.7. The van der Waals surface area contributed by atoms with E-state index in [9.17, 15) is 9.59 Å². The Balaban J connectivity index is 1.70. The zero-order chi connectivity index (χ0) is 21.7. The molecular weight excluding hydrogens is 425 g/mol. The van der Waals surface area contributed by atoms with Crippen LogP contribution in [-0.2, 0) is 9.59 Å². The lowest BCUT2D eigenvalue weighted by Crippen LogP contribution is -2.51. The van der Waals surface area contributed by atoms with Gasteiger partial charge in [-0.2, -0.15) is 0 Å². The Labute approximate surface area is 186 Å². The van der Waals surface area contributed by atoms with Crippen LogP contribution in [0.4, 0.5) is 5.69 Å². The van der Waals surface area contributed by atoms with Crippen molar-refractivity contribution >= 4 is 40.7 Å². The summed E-state index contributed by atoms with van der Waals surface area (Å²) in [5, 5.41) is 4.29. The number of benzene rings is 2. The second-order valence-corrected chi connectivity index (χ2v) is 7.65. The monoisotopic (exact) mass is 447 g/mol. The molecule has 1 heterocycles. The van der Waals surface area contributed by atoms with Gasteiger partial charge in [-0.15, -0.1) is 0 Å². The van der Waals surface area contributed by atoms with Gasteiger partial charge in [0.25, 0.3) is 0 Å². The van der Waals surface area contributed by atoms with Crippen LogP contribution in [-0.4, -0.2) is 61.4 Å². The maximum atomic E-state index is 12.6. The third-order valence-electron chi connectivity index (χ3n) is 4.97. The molecule has 30 heavy (non-hydrogen) atoms. The number of carbonyl (C=O) groups is 2. The van der Waals surface area contributed by atoms with Crippen LogP contribution in [0.3, 0.4) is 0 Å². The topological polar surface area (TPSA) is 61.9 Å². The van der Waals surface area contributed by atoms with Crippen LogP contribution in [0.1, 0.15) is 0 Å². The van der Waals surface area contributed by atoms with Crippen molar-refractivity contribution in [2.45, 2.75) is 0 Å². The summed E-state index contributed by atoms with van der Waals surface area (Å²) in [4.78, 5) is 27.7. The van der Waals surface area contributed by atoms with E-state index >= 15 is 0 Å². The number of nitrogens with zero attached hydrogens (tertiary/aromatic N) is 2. The summed E-state index contributed by atoms with van der Waals surface area (Å²) in [6, 6.07) is 11.0. The minimum Gasteiger partial charge on any atom is -0.495 e. The molecule has 0 saturated carbocycles. The first-order valence-electron chi connectivity index (χ1n) is 9.49. The van der Waals surface area contributed by atoms with Crippen LogP contribution in [0.2, 0.25) is 10.0 Å². The lowest BCUT2D eigenvalue weighted by Gasteiger charge is -2.34. The van der Waals surface area contributed by atoms with Gasteiger partial charge in [-0.3, -0.25) is 9.59 Å². The fraction of sp³-hybridized carbons (Fsp3) is 0.273. The summed E-state index contributed by atoms with van der Waals surface area (Å²) >= 11 is 12.5. The first kappa shape index (κ1) is 22.0. The zero-order valence-corrected chi connectivity index (χ0v) is 18.2. The number of hydrogen-bond donors (Lipinski definition) is 1. The number of anilines is 1. The van der Waals surface area contributed by atoms with Crippen LogP contribution < -0.4 is 10.1 Å². The SMILES string of the molecule is C=CC(=O)N1CCN(C(=O)CNc2cc(-c3cccc(Cl)c3)c(Cl)cc2OC)CC1. The lowest BCUT2D eigenvalue weighted by atomic mass is 10.0. The van der Waals surface area contributed by atoms with E-state index in [1.165, 1.54) is 6.08 Å². The summed E-state index contributed by atoms with van der Waals surface area (Å²) in [5.74, 6) is 0.377. The molecule has 1 N–H and O–H groups in total. The van der Waals surface area contributed by atoms with Crippen molar-refractivity contribution in [1.82, 2.24) is 9.80 Å². The number of carbonyl (C=O) groups excluding carboxylic acids is 2. The molecule has 158 valence electrons. The molecule has 0 aliphatic carbocycles. The minimum atomic E-state index is -0.111. The van der Waals surface area contributed by atoms with Crippen LogP contribution in [0, 0.1) is 0 Å². The van der Waals surface area contributed by atoms with Crippen LogP contribution in [0.25, 0.3) is 11.1 Å². The van der Waals surface area contributed by atoms with Gasteiger partial charge in [0.05, 0.1) is 24.4 Å². The van der Waals surface area contributed by atoms with E-state index in [1.807, 2.05) is 24.3 Å². The van der Waals surface area contributed by atoms with Crippen molar-refractivity contribution < 1.29 is 14.3 Å². The highest BCUT2D eigenvalue weighted by Gasteiger charge is 2.23. The Bertz CT molecular complexity index is 957. The molecule has 1 fully saturated rings. The molecule has 0 unspecified atom stereocenters. The van der Waals surface area contributed by atoms with Gasteiger partial charge in [-0.1, -0.05) is 41.9 Å². The first-order chi connectivity index (χ1) is 14.4. The van der Waals surface area contributed by atoms with E-state index in [0.717, 1.165) is 11.1 Å². The number of hydrogen-bond acceptors (Lipinski definition) is 4. The summed E-state index contributed by atoms with van der Waals surface area (Å²) in [6.07, 6.45) is 1.29. The molecule has 0 spiro atoms. The molecule has 2 aromatic rings. The Hall–Kier alpha value is -2.70. The largest absolute Gasteiger partial charge is 0.495 e. The van der Waals surface area contributed by atoms with Gasteiger partial charge in [0.1, 0.15) is 5.75 Å². The predicted molar refractivity (Wildman–Crippen MR) is 120 cm³/mol. The smallest absolute Gasteiger partial charge is 0.246 e. The fourth-order valence-corrected chi connectivity index (χ4v) is 3.78. The van der Waals surface area contributed by atoms with Crippen molar-refractivity contribution in [2.24, 2.45) is 0 Å².